The van der Waals surface area contributed by atoms with Crippen LogP contribution in [0.5, 0.6) is 0 Å². The van der Waals surface area contributed by atoms with Gasteiger partial charge in [0.15, 0.2) is 5.96 Å². The van der Waals surface area contributed by atoms with Crippen molar-refractivity contribution in [3.8, 4) is 0 Å². The summed E-state index contributed by atoms with van der Waals surface area (Å²) >= 11 is 0. The summed E-state index contributed by atoms with van der Waals surface area (Å²) in [6.07, 6.45) is 3.78. The average Bonchev–Trinajstić information content (AvgIpc) is 2.98. The van der Waals surface area contributed by atoms with Crippen molar-refractivity contribution in [3.63, 3.8) is 0 Å². The number of carbonyl (C=O) groups excluding carboxylic acids is 1. The molecule has 0 spiro atoms. The summed E-state index contributed by atoms with van der Waals surface area (Å²) in [5.74, 6) is 0.619. The maximum absolute atomic E-state index is 11.7. The minimum atomic E-state index is -0.0481. The van der Waals surface area contributed by atoms with Crippen molar-refractivity contribution in [1.82, 2.24) is 15.5 Å². The molecule has 3 N–H and O–H groups in total. The van der Waals surface area contributed by atoms with Crippen molar-refractivity contribution in [2.75, 3.05) is 53.6 Å². The molecule has 0 saturated carbocycles. The largest absolute Gasteiger partial charge is 0.396 e. The van der Waals surface area contributed by atoms with E-state index in [4.69, 9.17) is 4.74 Å². The van der Waals surface area contributed by atoms with Gasteiger partial charge in [-0.15, -0.1) is 0 Å². The first-order chi connectivity index (χ1) is 11.0. The van der Waals surface area contributed by atoms with Crippen molar-refractivity contribution in [2.24, 2.45) is 10.4 Å². The van der Waals surface area contributed by atoms with Gasteiger partial charge in [-0.2, -0.15) is 0 Å². The number of aliphatic hydroxyl groups is 1. The predicted molar refractivity (Wildman–Crippen MR) is 91.5 cm³/mol. The molecule has 7 heteroatoms. The normalized spacial score (nSPS) is 21.3. The van der Waals surface area contributed by atoms with Crippen molar-refractivity contribution in [3.05, 3.63) is 0 Å². The Morgan fingerprint density at radius 2 is 2.17 bits per heavy atom. The van der Waals surface area contributed by atoms with Crippen LogP contribution in [-0.4, -0.2) is 75.4 Å². The molecular weight excluding hydrogens is 296 g/mol. The van der Waals surface area contributed by atoms with Crippen LogP contribution in [0.3, 0.4) is 0 Å². The topological polar surface area (TPSA) is 86.2 Å². The van der Waals surface area contributed by atoms with E-state index in [9.17, 15) is 9.90 Å². The molecule has 0 radical (unpaired) electrons. The van der Waals surface area contributed by atoms with Crippen LogP contribution in [0.1, 0.15) is 32.6 Å². The van der Waals surface area contributed by atoms with Gasteiger partial charge in [0.1, 0.15) is 6.54 Å². The number of hydrogen-bond acceptors (Lipinski definition) is 4. The third kappa shape index (κ3) is 7.18. The van der Waals surface area contributed by atoms with Gasteiger partial charge in [-0.05, 0) is 19.3 Å². The number of guanidine groups is 1. The summed E-state index contributed by atoms with van der Waals surface area (Å²) in [6.45, 7) is 5.30. The van der Waals surface area contributed by atoms with Gasteiger partial charge in [-0.3, -0.25) is 4.79 Å². The van der Waals surface area contributed by atoms with Gasteiger partial charge >= 0.3 is 0 Å². The summed E-state index contributed by atoms with van der Waals surface area (Å²) in [4.78, 5) is 17.6. The van der Waals surface area contributed by atoms with Gasteiger partial charge in [-0.25, -0.2) is 4.99 Å². The number of nitrogens with one attached hydrogen (secondary N) is 2. The number of hydrogen-bond donors (Lipinski definition) is 3. The van der Waals surface area contributed by atoms with E-state index in [0.717, 1.165) is 32.4 Å². The molecule has 134 valence electrons. The number of unbranched alkanes of at least 4 members (excludes halogenated alkanes) is 1. The molecule has 0 aromatic carbocycles. The molecule has 7 nitrogen and oxygen atoms in total. The van der Waals surface area contributed by atoms with Crippen molar-refractivity contribution in [2.45, 2.75) is 32.6 Å². The van der Waals surface area contributed by atoms with Crippen LogP contribution in [0.2, 0.25) is 0 Å². The van der Waals surface area contributed by atoms with Crippen molar-refractivity contribution in [1.29, 1.82) is 0 Å². The molecule has 1 aliphatic rings. The number of carbonyl (C=O) groups is 1. The Morgan fingerprint density at radius 1 is 1.39 bits per heavy atom. The molecule has 23 heavy (non-hydrogen) atoms. The van der Waals surface area contributed by atoms with Gasteiger partial charge in [-0.1, -0.05) is 13.3 Å². The Hall–Kier alpha value is -1.34. The monoisotopic (exact) mass is 328 g/mol. The number of ether oxygens (including phenoxy) is 1. The van der Waals surface area contributed by atoms with E-state index in [-0.39, 0.29) is 24.5 Å². The lowest BCUT2D eigenvalue weighted by Gasteiger charge is -2.27. The van der Waals surface area contributed by atoms with Crippen LogP contribution in [0.25, 0.3) is 0 Å². The number of likely N-dealkylation sites (N-methyl/N-ethyl adjacent to an activating group) is 1. The highest BCUT2D eigenvalue weighted by molar-refractivity contribution is 5.84. The summed E-state index contributed by atoms with van der Waals surface area (Å²) in [5, 5.41) is 15.9. The standard InChI is InChI=1S/C16H32N4O3/c1-4-5-8-17-15(18-11-14(22)20(2)3)19-12-16(6-9-21)7-10-23-13-16/h21H,4-13H2,1-3H3,(H2,17,18,19). The lowest BCUT2D eigenvalue weighted by atomic mass is 9.84. The second kappa shape index (κ2) is 10.4. The lowest BCUT2D eigenvalue weighted by molar-refractivity contribution is -0.127. The zero-order chi connectivity index (χ0) is 17.1. The number of aliphatic imine (C=N–C) groups is 1. The highest BCUT2D eigenvalue weighted by atomic mass is 16.5. The van der Waals surface area contributed by atoms with Crippen LogP contribution >= 0.6 is 0 Å². The molecule has 1 atom stereocenters. The highest BCUT2D eigenvalue weighted by Crippen LogP contribution is 2.31. The Labute approximate surface area is 139 Å². The summed E-state index contributed by atoms with van der Waals surface area (Å²) in [6, 6.07) is 0. The van der Waals surface area contributed by atoms with Crippen LogP contribution in [-0.2, 0) is 9.53 Å². The fraction of sp³-hybridized carbons (Fsp3) is 0.875. The third-order valence-corrected chi connectivity index (χ3v) is 4.15. The van der Waals surface area contributed by atoms with E-state index in [2.05, 4.69) is 22.5 Å². The lowest BCUT2D eigenvalue weighted by Crippen LogP contribution is -2.45. The zero-order valence-corrected chi connectivity index (χ0v) is 14.7. The van der Waals surface area contributed by atoms with Crippen molar-refractivity contribution < 1.29 is 14.6 Å². The van der Waals surface area contributed by atoms with Crippen LogP contribution in [0.15, 0.2) is 4.99 Å². The molecular formula is C16H32N4O3. The Kier molecular flexibility index (Phi) is 8.94. The van der Waals surface area contributed by atoms with E-state index >= 15 is 0 Å². The molecule has 0 aliphatic carbocycles. The highest BCUT2D eigenvalue weighted by Gasteiger charge is 2.34. The first-order valence-electron chi connectivity index (χ1n) is 8.44. The van der Waals surface area contributed by atoms with Gasteiger partial charge < -0.3 is 25.4 Å². The van der Waals surface area contributed by atoms with E-state index in [1.165, 1.54) is 4.90 Å². The first-order valence-corrected chi connectivity index (χ1v) is 8.44. The number of aliphatic hydroxyl groups excluding tert-OH is 1. The molecule has 1 heterocycles. The van der Waals surface area contributed by atoms with Crippen LogP contribution in [0.4, 0.5) is 0 Å². The first kappa shape index (κ1) is 19.7. The van der Waals surface area contributed by atoms with Gasteiger partial charge in [0.2, 0.25) is 5.91 Å². The second-order valence-corrected chi connectivity index (χ2v) is 6.36. The number of rotatable bonds is 9. The molecule has 1 saturated heterocycles. The fourth-order valence-electron chi connectivity index (χ4n) is 2.43. The molecule has 0 bridgehead atoms. The van der Waals surface area contributed by atoms with Gasteiger partial charge in [0.25, 0.3) is 0 Å². The zero-order valence-electron chi connectivity index (χ0n) is 14.7. The summed E-state index contributed by atoms with van der Waals surface area (Å²) in [5.41, 5.74) is -0.0481. The fourth-order valence-corrected chi connectivity index (χ4v) is 2.43. The molecule has 1 fully saturated rings. The SMILES string of the molecule is CCCCNC(=NCC(=O)N(C)C)NCC1(CCO)CCOC1. The minimum Gasteiger partial charge on any atom is -0.396 e. The molecule has 1 amide bonds. The van der Waals surface area contributed by atoms with Crippen molar-refractivity contribution >= 4 is 11.9 Å². The Balaban J connectivity index is 2.60. The molecule has 0 aromatic heterocycles. The van der Waals surface area contributed by atoms with Crippen LogP contribution < -0.4 is 10.6 Å². The van der Waals surface area contributed by atoms with Gasteiger partial charge in [0.05, 0.1) is 6.61 Å². The minimum absolute atomic E-state index is 0.0316. The van der Waals surface area contributed by atoms with Crippen LogP contribution in [0, 0.1) is 5.41 Å². The predicted octanol–water partition coefficient (Wildman–Crippen LogP) is 0.199. The molecule has 1 unspecified atom stereocenters. The smallest absolute Gasteiger partial charge is 0.243 e. The molecule has 1 rings (SSSR count). The third-order valence-electron chi connectivity index (χ3n) is 4.15. The number of nitrogens with zero attached hydrogens (tertiary/aromatic N) is 2. The molecule has 1 aliphatic heterocycles. The Morgan fingerprint density at radius 3 is 2.74 bits per heavy atom. The maximum Gasteiger partial charge on any atom is 0.243 e. The summed E-state index contributed by atoms with van der Waals surface area (Å²) in [7, 11) is 3.45. The summed E-state index contributed by atoms with van der Waals surface area (Å²) < 4.78 is 5.50. The van der Waals surface area contributed by atoms with Gasteiger partial charge in [0, 0.05) is 45.8 Å². The quantitative estimate of drug-likeness (QED) is 0.320. The van der Waals surface area contributed by atoms with E-state index < -0.39 is 0 Å². The van der Waals surface area contributed by atoms with E-state index in [1.807, 2.05) is 0 Å². The average molecular weight is 328 g/mol. The second-order valence-electron chi connectivity index (χ2n) is 6.36. The van der Waals surface area contributed by atoms with E-state index in [0.29, 0.717) is 25.5 Å². The molecule has 0 aromatic rings. The van der Waals surface area contributed by atoms with E-state index in [1.54, 1.807) is 14.1 Å². The maximum atomic E-state index is 11.7. The number of amides is 1. The Bertz CT molecular complexity index is 380.